The van der Waals surface area contributed by atoms with Gasteiger partial charge in [-0.15, -0.1) is 0 Å². The van der Waals surface area contributed by atoms with Gasteiger partial charge in [-0.3, -0.25) is 0 Å². The van der Waals surface area contributed by atoms with Gasteiger partial charge in [-0.1, -0.05) is 105 Å². The Morgan fingerprint density at radius 3 is 1.72 bits per heavy atom. The first-order valence-corrected chi connectivity index (χ1v) is 15.5. The quantitative estimate of drug-likeness (QED) is 0.215. The van der Waals surface area contributed by atoms with Crippen LogP contribution in [0.1, 0.15) is 57.1 Å². The molecule has 0 aliphatic heterocycles. The third-order valence-corrected chi connectivity index (χ3v) is 9.51. The van der Waals surface area contributed by atoms with Crippen LogP contribution in [0.3, 0.4) is 0 Å². The van der Waals surface area contributed by atoms with Crippen molar-refractivity contribution in [1.29, 1.82) is 5.26 Å². The van der Waals surface area contributed by atoms with Crippen LogP contribution in [0.2, 0.25) is 0 Å². The second-order valence-electron chi connectivity index (χ2n) is 12.9. The van der Waals surface area contributed by atoms with E-state index in [0.717, 1.165) is 51.1 Å². The van der Waals surface area contributed by atoms with Crippen molar-refractivity contribution in [2.75, 3.05) is 0 Å². The van der Waals surface area contributed by atoms with Crippen molar-refractivity contribution < 1.29 is 0 Å². The van der Waals surface area contributed by atoms with E-state index >= 15 is 0 Å². The minimum absolute atomic E-state index is 0.193. The van der Waals surface area contributed by atoms with Crippen LogP contribution in [0.5, 0.6) is 0 Å². The Morgan fingerprint density at radius 1 is 0.605 bits per heavy atom. The number of benzene rings is 4. The monoisotopic (exact) mass is 560 g/mol. The second-order valence-corrected chi connectivity index (χ2v) is 12.9. The van der Waals surface area contributed by atoms with Gasteiger partial charge in [-0.2, -0.15) is 5.26 Å². The topological polar surface area (TPSA) is 62.5 Å². The van der Waals surface area contributed by atoms with Crippen molar-refractivity contribution >= 4 is 0 Å². The van der Waals surface area contributed by atoms with E-state index in [1.165, 1.54) is 37.7 Å². The summed E-state index contributed by atoms with van der Waals surface area (Å²) in [6.45, 7) is 4.82. The largest absolute Gasteiger partial charge is 0.208 e. The van der Waals surface area contributed by atoms with Crippen LogP contribution < -0.4 is 0 Å². The average molecular weight is 561 g/mol. The van der Waals surface area contributed by atoms with Crippen molar-refractivity contribution in [1.82, 2.24) is 15.0 Å². The molecule has 2 unspecified atom stereocenters. The molecule has 2 aliphatic carbocycles. The first kappa shape index (κ1) is 27.2. The van der Waals surface area contributed by atoms with Gasteiger partial charge in [0.1, 0.15) is 0 Å². The summed E-state index contributed by atoms with van der Waals surface area (Å²) in [7, 11) is 0. The maximum absolute atomic E-state index is 10.4. The standard InChI is InChI=1S/C39H36N4/c1-26-18-28-19-27(2)23-39(22-26,24-28)34-16-17-35(33(21-34)25-40)31-14-9-15-32(20-31)38-42-36(29-10-5-3-6-11-29)41-37(43-38)30-12-7-4-8-13-30/h3-17,20-21,26-28H,18-19,22-24H2,1-2H3/t26-,27+,28?,39?. The number of fused-ring (bicyclic) bond motifs is 2. The Labute approximate surface area is 254 Å². The number of nitrogens with zero attached hydrogens (tertiary/aromatic N) is 4. The van der Waals surface area contributed by atoms with Crippen molar-refractivity contribution in [3.8, 4) is 51.4 Å². The van der Waals surface area contributed by atoms with Gasteiger partial charge >= 0.3 is 0 Å². The van der Waals surface area contributed by atoms with Gasteiger partial charge in [0.2, 0.25) is 0 Å². The predicted octanol–water partition coefficient (Wildman–Crippen LogP) is 9.52. The number of hydrogen-bond donors (Lipinski definition) is 0. The van der Waals surface area contributed by atoms with Crippen LogP contribution >= 0.6 is 0 Å². The maximum atomic E-state index is 10.4. The Kier molecular flexibility index (Phi) is 7.11. The van der Waals surface area contributed by atoms with E-state index < -0.39 is 0 Å². The summed E-state index contributed by atoms with van der Waals surface area (Å²) in [5.41, 5.74) is 7.01. The maximum Gasteiger partial charge on any atom is 0.164 e. The first-order valence-electron chi connectivity index (χ1n) is 15.5. The predicted molar refractivity (Wildman–Crippen MR) is 173 cm³/mol. The average Bonchev–Trinajstić information content (AvgIpc) is 3.04. The smallest absolute Gasteiger partial charge is 0.164 e. The highest BCUT2D eigenvalue weighted by atomic mass is 15.0. The number of nitriles is 1. The van der Waals surface area contributed by atoms with Crippen molar-refractivity contribution in [2.24, 2.45) is 17.8 Å². The summed E-state index contributed by atoms with van der Waals surface area (Å²) in [5, 5.41) is 10.4. The van der Waals surface area contributed by atoms with Crippen LogP contribution in [-0.4, -0.2) is 15.0 Å². The molecule has 2 fully saturated rings. The third-order valence-electron chi connectivity index (χ3n) is 9.51. The molecule has 4 heteroatoms. The molecule has 1 aromatic heterocycles. The summed E-state index contributed by atoms with van der Waals surface area (Å²) in [5.74, 6) is 4.15. The van der Waals surface area contributed by atoms with Gasteiger partial charge in [0.15, 0.2) is 17.5 Å². The van der Waals surface area contributed by atoms with Crippen LogP contribution in [0.4, 0.5) is 0 Å². The molecule has 7 rings (SSSR count). The molecule has 0 spiro atoms. The van der Waals surface area contributed by atoms with Gasteiger partial charge in [0.05, 0.1) is 11.6 Å². The van der Waals surface area contributed by atoms with Crippen LogP contribution in [0.25, 0.3) is 45.3 Å². The lowest BCUT2D eigenvalue weighted by molar-refractivity contribution is 0.0780. The van der Waals surface area contributed by atoms with E-state index in [1.807, 2.05) is 72.8 Å². The van der Waals surface area contributed by atoms with Crippen molar-refractivity contribution in [2.45, 2.75) is 51.4 Å². The first-order chi connectivity index (χ1) is 21.0. The molecule has 1 heterocycles. The lowest BCUT2D eigenvalue weighted by Gasteiger charge is -2.50. The van der Waals surface area contributed by atoms with Gasteiger partial charge in [-0.25, -0.2) is 15.0 Å². The zero-order valence-electron chi connectivity index (χ0n) is 24.9. The molecular formula is C39H36N4. The normalized spacial score (nSPS) is 23.0. The third kappa shape index (κ3) is 5.37. The minimum Gasteiger partial charge on any atom is -0.208 e. The Morgan fingerprint density at radius 2 is 1.14 bits per heavy atom. The van der Waals surface area contributed by atoms with Crippen LogP contribution in [-0.2, 0) is 5.41 Å². The van der Waals surface area contributed by atoms with E-state index in [2.05, 4.69) is 50.2 Å². The summed E-state index contributed by atoms with van der Waals surface area (Å²) in [6.07, 6.45) is 6.39. The molecule has 2 aliphatic rings. The minimum atomic E-state index is 0.193. The molecule has 0 amide bonds. The highest BCUT2D eigenvalue weighted by Gasteiger charge is 2.45. The fourth-order valence-corrected chi connectivity index (χ4v) is 8.04. The molecule has 5 aromatic rings. The molecule has 4 nitrogen and oxygen atoms in total. The molecule has 4 aromatic carbocycles. The summed E-state index contributed by atoms with van der Waals surface area (Å²) >= 11 is 0. The fourth-order valence-electron chi connectivity index (χ4n) is 8.04. The molecule has 0 saturated heterocycles. The number of aromatic nitrogens is 3. The van der Waals surface area contributed by atoms with Crippen LogP contribution in [0.15, 0.2) is 103 Å². The Bertz CT molecular complexity index is 1730. The zero-order chi connectivity index (χ0) is 29.4. The van der Waals surface area contributed by atoms with E-state index in [-0.39, 0.29) is 5.41 Å². The molecular weight excluding hydrogens is 524 g/mol. The van der Waals surface area contributed by atoms with Crippen LogP contribution in [0, 0.1) is 29.1 Å². The van der Waals surface area contributed by atoms with Gasteiger partial charge in [0, 0.05) is 16.7 Å². The SMILES string of the molecule is C[C@@H]1CC2C[C@H](C)CC(c3ccc(-c4cccc(-c5nc(-c6ccccc6)nc(-c6ccccc6)n5)c4)c(C#N)c3)(C2)C1. The van der Waals surface area contributed by atoms with E-state index in [9.17, 15) is 5.26 Å². The lowest BCUT2D eigenvalue weighted by atomic mass is 9.54. The number of hydrogen-bond acceptors (Lipinski definition) is 4. The summed E-state index contributed by atoms with van der Waals surface area (Å²) in [6, 6.07) is 37.5. The lowest BCUT2D eigenvalue weighted by Crippen LogP contribution is -2.42. The fraction of sp³-hybridized carbons (Fsp3) is 0.282. The highest BCUT2D eigenvalue weighted by molar-refractivity contribution is 5.76. The molecule has 2 saturated carbocycles. The van der Waals surface area contributed by atoms with E-state index in [0.29, 0.717) is 17.5 Å². The van der Waals surface area contributed by atoms with Gasteiger partial charge in [-0.05, 0) is 84.1 Å². The molecule has 2 bridgehead atoms. The Balaban J connectivity index is 1.29. The van der Waals surface area contributed by atoms with Crippen molar-refractivity contribution in [3.63, 3.8) is 0 Å². The summed E-state index contributed by atoms with van der Waals surface area (Å²) in [4.78, 5) is 14.7. The Hall–Kier alpha value is -4.62. The molecule has 212 valence electrons. The molecule has 0 radical (unpaired) electrons. The van der Waals surface area contributed by atoms with Crippen molar-refractivity contribution in [3.05, 3.63) is 114 Å². The van der Waals surface area contributed by atoms with Gasteiger partial charge < -0.3 is 0 Å². The molecule has 43 heavy (non-hydrogen) atoms. The molecule has 4 atom stereocenters. The second kappa shape index (κ2) is 11.2. The number of rotatable bonds is 5. The van der Waals surface area contributed by atoms with E-state index in [1.54, 1.807) is 0 Å². The van der Waals surface area contributed by atoms with Gasteiger partial charge in [0.25, 0.3) is 0 Å². The summed E-state index contributed by atoms with van der Waals surface area (Å²) < 4.78 is 0. The molecule has 0 N–H and O–H groups in total. The zero-order valence-corrected chi connectivity index (χ0v) is 24.9. The van der Waals surface area contributed by atoms with E-state index in [4.69, 9.17) is 15.0 Å². The highest BCUT2D eigenvalue weighted by Crippen LogP contribution is 2.54.